The quantitative estimate of drug-likeness (QED) is 0.419. The van der Waals surface area contributed by atoms with Crippen LogP contribution in [-0.2, 0) is 0 Å². The maximum absolute atomic E-state index is 11.8. The van der Waals surface area contributed by atoms with E-state index in [4.69, 9.17) is 19.6 Å². The second kappa shape index (κ2) is 4.55. The fourth-order valence-corrected chi connectivity index (χ4v) is 2.11. The summed E-state index contributed by atoms with van der Waals surface area (Å²) < 4.78 is 15.7. The van der Waals surface area contributed by atoms with Crippen molar-refractivity contribution < 1.29 is 19.0 Å². The van der Waals surface area contributed by atoms with Crippen molar-refractivity contribution in [3.8, 4) is 28.7 Å². The summed E-state index contributed by atoms with van der Waals surface area (Å²) in [7, 11) is 2.78. The summed E-state index contributed by atoms with van der Waals surface area (Å²) in [6, 6.07) is 4.22. The highest BCUT2D eigenvalue weighted by Gasteiger charge is 2.19. The van der Waals surface area contributed by atoms with Gasteiger partial charge in [-0.1, -0.05) is 0 Å². The minimum absolute atomic E-state index is 0.0719. The maximum Gasteiger partial charge on any atom is 0.224 e. The Morgan fingerprint density at radius 1 is 1.24 bits per heavy atom. The monoisotopic (exact) mass is 288 g/mol. The van der Waals surface area contributed by atoms with Crippen LogP contribution in [0.1, 0.15) is 0 Å². The van der Waals surface area contributed by atoms with Gasteiger partial charge in [-0.3, -0.25) is 4.79 Å². The Morgan fingerprint density at radius 2 is 2.00 bits per heavy atom. The molecule has 3 rings (SSSR count). The van der Waals surface area contributed by atoms with Gasteiger partial charge in [-0.2, -0.15) is 0 Å². The maximum atomic E-state index is 11.8. The van der Waals surface area contributed by atoms with Gasteiger partial charge in [0.2, 0.25) is 11.2 Å². The van der Waals surface area contributed by atoms with E-state index < -0.39 is 0 Å². The molecule has 0 saturated heterocycles. The van der Waals surface area contributed by atoms with E-state index >= 15 is 0 Å². The van der Waals surface area contributed by atoms with Gasteiger partial charge in [0.1, 0.15) is 11.2 Å². The number of nitrogen functional groups attached to an aromatic ring is 1. The van der Waals surface area contributed by atoms with Gasteiger partial charge in [-0.25, -0.2) is 4.98 Å². The third-order valence-corrected chi connectivity index (χ3v) is 3.12. The summed E-state index contributed by atoms with van der Waals surface area (Å²) in [5.74, 6) is 0.271. The van der Waals surface area contributed by atoms with Crippen molar-refractivity contribution in [1.29, 1.82) is 0 Å². The third-order valence-electron chi connectivity index (χ3n) is 3.12. The van der Waals surface area contributed by atoms with Crippen LogP contribution in [0.15, 0.2) is 27.4 Å². The molecule has 3 N–H and O–H groups in total. The van der Waals surface area contributed by atoms with Crippen LogP contribution >= 0.6 is 0 Å². The van der Waals surface area contributed by atoms with Gasteiger partial charge in [0.25, 0.3) is 0 Å². The molecule has 0 spiro atoms. The summed E-state index contributed by atoms with van der Waals surface area (Å²) >= 11 is 0. The minimum atomic E-state index is -0.325. The Balaban J connectivity index is 2.44. The topological polar surface area (TPSA) is 108 Å². The highest BCUT2D eigenvalue weighted by atomic mass is 16.5. The van der Waals surface area contributed by atoms with Gasteiger partial charge >= 0.3 is 0 Å². The Labute approximate surface area is 118 Å². The number of fused-ring (bicyclic) bond motifs is 2. The van der Waals surface area contributed by atoms with Crippen LogP contribution < -0.4 is 20.6 Å². The number of phenolic OH excluding ortho intramolecular Hbond substituents is 1. The Kier molecular flexibility index (Phi) is 2.83. The van der Waals surface area contributed by atoms with Crippen LogP contribution in [-0.4, -0.2) is 24.3 Å². The summed E-state index contributed by atoms with van der Waals surface area (Å²) in [6.07, 6.45) is 0. The number of nitrogens with zero attached hydrogens (tertiary/aromatic N) is 1. The lowest BCUT2D eigenvalue weighted by Crippen LogP contribution is -2.06. The molecule has 0 unspecified atom stereocenters. The van der Waals surface area contributed by atoms with Crippen LogP contribution in [0.2, 0.25) is 0 Å². The molecule has 108 valence electrons. The second-order valence-electron chi connectivity index (χ2n) is 4.38. The van der Waals surface area contributed by atoms with Crippen LogP contribution in [0.25, 0.3) is 22.6 Å². The molecule has 7 nitrogen and oxygen atoms in total. The van der Waals surface area contributed by atoms with E-state index in [1.165, 1.54) is 32.4 Å². The molecule has 2 aliphatic rings. The van der Waals surface area contributed by atoms with Gasteiger partial charge in [0.05, 0.1) is 19.9 Å². The zero-order valence-corrected chi connectivity index (χ0v) is 11.3. The summed E-state index contributed by atoms with van der Waals surface area (Å²) in [6.45, 7) is 0. The number of methoxy groups -OCH3 is 2. The molecule has 1 aliphatic heterocycles. The van der Waals surface area contributed by atoms with E-state index in [2.05, 4.69) is 4.98 Å². The van der Waals surface area contributed by atoms with E-state index in [-0.39, 0.29) is 39.7 Å². The van der Waals surface area contributed by atoms with Crippen molar-refractivity contribution in [1.82, 2.24) is 4.98 Å². The van der Waals surface area contributed by atoms with Crippen LogP contribution in [0.5, 0.6) is 17.2 Å². The average molecular weight is 288 g/mol. The number of aromatic nitrogens is 1. The molecule has 0 fully saturated rings. The first kappa shape index (κ1) is 13.0. The lowest BCUT2D eigenvalue weighted by molar-refractivity contribution is 0.371. The number of hydrogen-bond acceptors (Lipinski definition) is 7. The van der Waals surface area contributed by atoms with Gasteiger partial charge in [0.15, 0.2) is 22.8 Å². The van der Waals surface area contributed by atoms with Gasteiger partial charge < -0.3 is 24.7 Å². The predicted octanol–water partition coefficient (Wildman–Crippen LogP) is 1.60. The first-order valence-electron chi connectivity index (χ1n) is 6.03. The first-order valence-corrected chi connectivity index (χ1v) is 6.03. The lowest BCUT2D eigenvalue weighted by atomic mass is 10.2. The SMILES string of the molecule is COc1cc2nc3cc(N)c(O)c(OC)c3oc-2cc1=O. The third kappa shape index (κ3) is 1.90. The van der Waals surface area contributed by atoms with Crippen LogP contribution in [0.4, 0.5) is 5.69 Å². The molecular weight excluding hydrogens is 276 g/mol. The highest BCUT2D eigenvalue weighted by Crippen LogP contribution is 2.41. The van der Waals surface area contributed by atoms with Gasteiger partial charge in [0, 0.05) is 12.1 Å². The lowest BCUT2D eigenvalue weighted by Gasteiger charge is -2.12. The van der Waals surface area contributed by atoms with Gasteiger partial charge in [-0.15, -0.1) is 0 Å². The number of anilines is 1. The van der Waals surface area contributed by atoms with Crippen molar-refractivity contribution in [3.05, 3.63) is 28.4 Å². The number of aromatic hydroxyl groups is 1. The zero-order valence-electron chi connectivity index (χ0n) is 11.3. The highest BCUT2D eigenvalue weighted by molar-refractivity contribution is 5.89. The number of ether oxygens (including phenoxy) is 2. The first-order chi connectivity index (χ1) is 10.0. The van der Waals surface area contributed by atoms with E-state index in [0.29, 0.717) is 11.2 Å². The predicted molar refractivity (Wildman–Crippen MR) is 76.1 cm³/mol. The van der Waals surface area contributed by atoms with Crippen molar-refractivity contribution in [3.63, 3.8) is 0 Å². The fourth-order valence-electron chi connectivity index (χ4n) is 2.11. The number of rotatable bonds is 2. The molecule has 21 heavy (non-hydrogen) atoms. The van der Waals surface area contributed by atoms with E-state index in [1.807, 2.05) is 0 Å². The number of benzene rings is 2. The normalized spacial score (nSPS) is 11.0. The van der Waals surface area contributed by atoms with Crippen LogP contribution in [0.3, 0.4) is 0 Å². The largest absolute Gasteiger partial charge is 0.503 e. The molecule has 0 aromatic heterocycles. The van der Waals surface area contributed by atoms with Crippen molar-refractivity contribution in [2.75, 3.05) is 20.0 Å². The molecule has 0 saturated carbocycles. The molecule has 0 atom stereocenters. The standard InChI is InChI=1S/C14H12N2O5/c1-19-11-4-7-10(5-9(11)17)21-13-8(16-7)3-6(15)12(18)14(13)20-2/h3-5,18H,15H2,1-2H3. The molecule has 1 aliphatic carbocycles. The molecule has 0 bridgehead atoms. The Hall–Kier alpha value is -2.96. The number of phenols is 1. The second-order valence-corrected chi connectivity index (χ2v) is 4.38. The van der Waals surface area contributed by atoms with E-state index in [1.54, 1.807) is 0 Å². The number of nitrogens with two attached hydrogens (primary N) is 1. The molecule has 1 heterocycles. The smallest absolute Gasteiger partial charge is 0.224 e. The van der Waals surface area contributed by atoms with Gasteiger partial charge in [-0.05, 0) is 6.07 Å². The molecule has 0 amide bonds. The number of hydrogen-bond donors (Lipinski definition) is 2. The van der Waals surface area contributed by atoms with Crippen LogP contribution in [0, 0.1) is 0 Å². The molecule has 1 aromatic rings. The van der Waals surface area contributed by atoms with E-state index in [9.17, 15) is 9.90 Å². The van der Waals surface area contributed by atoms with Crippen molar-refractivity contribution >= 4 is 16.8 Å². The average Bonchev–Trinajstić information content (AvgIpc) is 2.47. The summed E-state index contributed by atoms with van der Waals surface area (Å²) in [4.78, 5) is 16.1. The van der Waals surface area contributed by atoms with E-state index in [0.717, 1.165) is 0 Å². The molecule has 1 aromatic carbocycles. The summed E-state index contributed by atoms with van der Waals surface area (Å²) in [5, 5.41) is 9.88. The van der Waals surface area contributed by atoms with Crippen molar-refractivity contribution in [2.24, 2.45) is 0 Å². The summed E-state index contributed by atoms with van der Waals surface area (Å²) in [5.41, 5.74) is 6.54. The molecular formula is C14H12N2O5. The fraction of sp³-hybridized carbons (Fsp3) is 0.143. The minimum Gasteiger partial charge on any atom is -0.503 e. The molecule has 0 radical (unpaired) electrons. The Morgan fingerprint density at radius 3 is 2.67 bits per heavy atom. The molecule has 7 heteroatoms. The van der Waals surface area contributed by atoms with Crippen molar-refractivity contribution in [2.45, 2.75) is 0 Å². The zero-order chi connectivity index (χ0) is 15.1. The Bertz CT molecular complexity index is 871.